The molecule has 1 aromatic carbocycles. The van der Waals surface area contributed by atoms with Crippen LogP contribution in [0.5, 0.6) is 11.5 Å². The van der Waals surface area contributed by atoms with E-state index in [4.69, 9.17) is 9.47 Å². The molecule has 0 spiro atoms. The molecule has 0 aliphatic heterocycles. The number of methoxy groups -OCH3 is 2. The lowest BCUT2D eigenvalue weighted by atomic mass is 9.94. The molecule has 20 heavy (non-hydrogen) atoms. The maximum absolute atomic E-state index is 10.3. The van der Waals surface area contributed by atoms with Gasteiger partial charge in [-0.15, -0.1) is 0 Å². The Kier molecular flexibility index (Phi) is 6.30. The highest BCUT2D eigenvalue weighted by molar-refractivity contribution is 5.38. The molecular formula is C16H27NO3. The summed E-state index contributed by atoms with van der Waals surface area (Å²) in [7, 11) is 3.28. The van der Waals surface area contributed by atoms with Gasteiger partial charge in [0, 0.05) is 19.2 Å². The summed E-state index contributed by atoms with van der Waals surface area (Å²) in [5.74, 6) is 2.02. The molecule has 114 valence electrons. The molecule has 2 N–H and O–H groups in total. The first-order valence-corrected chi connectivity index (χ1v) is 7.01. The van der Waals surface area contributed by atoms with Gasteiger partial charge in [-0.3, -0.25) is 0 Å². The second kappa shape index (κ2) is 7.50. The van der Waals surface area contributed by atoms with E-state index >= 15 is 0 Å². The molecule has 1 rings (SSSR count). The quantitative estimate of drug-likeness (QED) is 0.769. The summed E-state index contributed by atoms with van der Waals surface area (Å²) in [4.78, 5) is 0. The van der Waals surface area contributed by atoms with Crippen LogP contribution >= 0.6 is 0 Å². The van der Waals surface area contributed by atoms with E-state index < -0.39 is 5.60 Å². The second-order valence-corrected chi connectivity index (χ2v) is 5.92. The van der Waals surface area contributed by atoms with Gasteiger partial charge >= 0.3 is 0 Å². The molecular weight excluding hydrogens is 254 g/mol. The van der Waals surface area contributed by atoms with Crippen molar-refractivity contribution >= 4 is 0 Å². The van der Waals surface area contributed by atoms with Gasteiger partial charge in [-0.05, 0) is 37.0 Å². The van der Waals surface area contributed by atoms with Crippen LogP contribution in [0.4, 0.5) is 0 Å². The predicted molar refractivity (Wildman–Crippen MR) is 81.3 cm³/mol. The van der Waals surface area contributed by atoms with Crippen molar-refractivity contribution in [2.75, 3.05) is 20.8 Å². The van der Waals surface area contributed by atoms with Crippen LogP contribution in [0.25, 0.3) is 0 Å². The summed E-state index contributed by atoms with van der Waals surface area (Å²) >= 11 is 0. The zero-order chi connectivity index (χ0) is 15.2. The van der Waals surface area contributed by atoms with Crippen molar-refractivity contribution in [1.29, 1.82) is 0 Å². The van der Waals surface area contributed by atoms with Crippen LogP contribution in [0, 0.1) is 5.92 Å². The SMILES string of the molecule is COc1cc(CNCC(C)(O)CC(C)C)cc(OC)c1. The topological polar surface area (TPSA) is 50.7 Å². The van der Waals surface area contributed by atoms with Crippen molar-refractivity contribution in [3.8, 4) is 11.5 Å². The smallest absolute Gasteiger partial charge is 0.122 e. The lowest BCUT2D eigenvalue weighted by molar-refractivity contribution is 0.0383. The number of benzene rings is 1. The van der Waals surface area contributed by atoms with Crippen molar-refractivity contribution in [3.63, 3.8) is 0 Å². The molecule has 0 amide bonds. The average Bonchev–Trinajstić information content (AvgIpc) is 2.36. The molecule has 0 bridgehead atoms. The molecule has 1 atom stereocenters. The third-order valence-corrected chi connectivity index (χ3v) is 3.09. The summed E-state index contributed by atoms with van der Waals surface area (Å²) in [6.07, 6.45) is 0.779. The number of ether oxygens (including phenoxy) is 2. The lowest BCUT2D eigenvalue weighted by Crippen LogP contribution is -2.38. The lowest BCUT2D eigenvalue weighted by Gasteiger charge is -2.25. The predicted octanol–water partition coefficient (Wildman–Crippen LogP) is 2.59. The maximum atomic E-state index is 10.3. The number of hydrogen-bond donors (Lipinski definition) is 2. The molecule has 0 aliphatic rings. The molecule has 0 aromatic heterocycles. The molecule has 0 aliphatic carbocycles. The van der Waals surface area contributed by atoms with Gasteiger partial charge < -0.3 is 19.9 Å². The van der Waals surface area contributed by atoms with Crippen molar-refractivity contribution in [2.45, 2.75) is 39.3 Å². The molecule has 0 heterocycles. The molecule has 0 saturated heterocycles. The Bertz CT molecular complexity index is 394. The summed E-state index contributed by atoms with van der Waals surface area (Å²) in [5.41, 5.74) is 0.387. The third-order valence-electron chi connectivity index (χ3n) is 3.09. The Morgan fingerprint density at radius 1 is 1.15 bits per heavy atom. The van der Waals surface area contributed by atoms with Gasteiger partial charge in [0.15, 0.2) is 0 Å². The fraction of sp³-hybridized carbons (Fsp3) is 0.625. The van der Waals surface area contributed by atoms with Gasteiger partial charge in [-0.1, -0.05) is 13.8 Å². The Hall–Kier alpha value is -1.26. The highest BCUT2D eigenvalue weighted by Crippen LogP contribution is 2.22. The molecule has 4 nitrogen and oxygen atoms in total. The van der Waals surface area contributed by atoms with Crippen molar-refractivity contribution in [2.24, 2.45) is 5.92 Å². The standard InChI is InChI=1S/C16H27NO3/c1-12(2)9-16(3,18)11-17-10-13-6-14(19-4)8-15(7-13)20-5/h6-8,12,17-18H,9-11H2,1-5H3. The minimum atomic E-state index is -0.683. The van der Waals surface area contributed by atoms with E-state index in [2.05, 4.69) is 19.2 Å². The second-order valence-electron chi connectivity index (χ2n) is 5.92. The third kappa shape index (κ3) is 5.80. The van der Waals surface area contributed by atoms with E-state index in [1.165, 1.54) is 0 Å². The normalized spacial score (nSPS) is 14.2. The van der Waals surface area contributed by atoms with Crippen molar-refractivity contribution < 1.29 is 14.6 Å². The zero-order valence-electron chi connectivity index (χ0n) is 13.2. The van der Waals surface area contributed by atoms with Crippen LogP contribution in [0.2, 0.25) is 0 Å². The first-order chi connectivity index (χ1) is 9.36. The first-order valence-electron chi connectivity index (χ1n) is 7.01. The summed E-state index contributed by atoms with van der Waals surface area (Å²) < 4.78 is 10.5. The molecule has 0 saturated carbocycles. The van der Waals surface area contributed by atoms with E-state index in [0.29, 0.717) is 19.0 Å². The Morgan fingerprint density at radius 2 is 1.70 bits per heavy atom. The fourth-order valence-electron chi connectivity index (χ4n) is 2.40. The zero-order valence-corrected chi connectivity index (χ0v) is 13.2. The van der Waals surface area contributed by atoms with E-state index in [-0.39, 0.29) is 0 Å². The average molecular weight is 281 g/mol. The van der Waals surface area contributed by atoms with E-state index in [1.54, 1.807) is 14.2 Å². The first kappa shape index (κ1) is 16.8. The Balaban J connectivity index is 2.57. The molecule has 1 unspecified atom stereocenters. The molecule has 0 radical (unpaired) electrons. The van der Waals surface area contributed by atoms with Crippen LogP contribution in [0.15, 0.2) is 18.2 Å². The fourth-order valence-corrected chi connectivity index (χ4v) is 2.40. The summed E-state index contributed by atoms with van der Waals surface area (Å²) in [6.45, 7) is 7.32. The van der Waals surface area contributed by atoms with Gasteiger partial charge in [0.1, 0.15) is 11.5 Å². The van der Waals surface area contributed by atoms with E-state index in [9.17, 15) is 5.11 Å². The van der Waals surface area contributed by atoms with Crippen LogP contribution in [0.1, 0.15) is 32.8 Å². The van der Waals surface area contributed by atoms with Crippen LogP contribution in [-0.4, -0.2) is 31.5 Å². The largest absolute Gasteiger partial charge is 0.497 e. The summed E-state index contributed by atoms with van der Waals surface area (Å²) in [6, 6.07) is 5.78. The van der Waals surface area contributed by atoms with Crippen LogP contribution in [0.3, 0.4) is 0 Å². The Morgan fingerprint density at radius 3 is 2.15 bits per heavy atom. The number of aliphatic hydroxyl groups is 1. The highest BCUT2D eigenvalue weighted by atomic mass is 16.5. The molecule has 1 aromatic rings. The summed E-state index contributed by atoms with van der Waals surface area (Å²) in [5, 5.41) is 13.5. The monoisotopic (exact) mass is 281 g/mol. The van der Waals surface area contributed by atoms with E-state index in [1.807, 2.05) is 25.1 Å². The number of rotatable bonds is 8. The van der Waals surface area contributed by atoms with Gasteiger partial charge in [-0.25, -0.2) is 0 Å². The minimum Gasteiger partial charge on any atom is -0.497 e. The van der Waals surface area contributed by atoms with Crippen molar-refractivity contribution in [1.82, 2.24) is 5.32 Å². The number of nitrogens with one attached hydrogen (secondary N) is 1. The molecule has 4 heteroatoms. The van der Waals surface area contributed by atoms with Gasteiger partial charge in [0.2, 0.25) is 0 Å². The maximum Gasteiger partial charge on any atom is 0.122 e. The van der Waals surface area contributed by atoms with E-state index in [0.717, 1.165) is 23.5 Å². The van der Waals surface area contributed by atoms with Crippen molar-refractivity contribution in [3.05, 3.63) is 23.8 Å². The molecule has 0 fully saturated rings. The van der Waals surface area contributed by atoms with Crippen LogP contribution in [-0.2, 0) is 6.54 Å². The van der Waals surface area contributed by atoms with Gasteiger partial charge in [-0.2, -0.15) is 0 Å². The van der Waals surface area contributed by atoms with Gasteiger partial charge in [0.25, 0.3) is 0 Å². The van der Waals surface area contributed by atoms with Gasteiger partial charge in [0.05, 0.1) is 19.8 Å². The highest BCUT2D eigenvalue weighted by Gasteiger charge is 2.21. The minimum absolute atomic E-state index is 0.476. The van der Waals surface area contributed by atoms with Crippen LogP contribution < -0.4 is 14.8 Å². The Labute approximate surface area is 122 Å². The number of hydrogen-bond acceptors (Lipinski definition) is 4.